The summed E-state index contributed by atoms with van der Waals surface area (Å²) in [5.74, 6) is 0.208. The number of carbonyl (C=O) groups excluding carboxylic acids is 1. The quantitative estimate of drug-likeness (QED) is 0.909. The van der Waals surface area contributed by atoms with Crippen LogP contribution in [0.3, 0.4) is 0 Å². The number of hydrogen-bond acceptors (Lipinski definition) is 3. The Balaban J connectivity index is 2.88. The highest BCUT2D eigenvalue weighted by Gasteiger charge is 2.15. The van der Waals surface area contributed by atoms with Gasteiger partial charge in [-0.2, -0.15) is 0 Å². The molecule has 1 rings (SSSR count). The lowest BCUT2D eigenvalue weighted by Crippen LogP contribution is -2.25. The molecule has 19 heavy (non-hydrogen) atoms. The predicted octanol–water partition coefficient (Wildman–Crippen LogP) is 2.52. The molecule has 0 atom stereocenters. The fraction of sp³-hybridized carbons (Fsp3) is 0.462. The number of halogens is 1. The van der Waals surface area contributed by atoms with Crippen LogP contribution < -0.4 is 5.32 Å². The van der Waals surface area contributed by atoms with Crippen molar-refractivity contribution < 1.29 is 13.2 Å². The van der Waals surface area contributed by atoms with Gasteiger partial charge in [-0.1, -0.05) is 25.4 Å². The Morgan fingerprint density at radius 2 is 2.00 bits per heavy atom. The van der Waals surface area contributed by atoms with Crippen molar-refractivity contribution >= 4 is 27.3 Å². The second-order valence-electron chi connectivity index (χ2n) is 4.86. The Morgan fingerprint density at radius 1 is 1.37 bits per heavy atom. The van der Waals surface area contributed by atoms with E-state index in [2.05, 4.69) is 19.2 Å². The molecule has 0 radical (unpaired) electrons. The Kier molecular flexibility index (Phi) is 5.38. The van der Waals surface area contributed by atoms with Gasteiger partial charge in [-0.15, -0.1) is 0 Å². The Hall–Kier alpha value is -1.07. The van der Waals surface area contributed by atoms with Crippen LogP contribution in [0.25, 0.3) is 0 Å². The average Bonchev–Trinajstić information content (AvgIpc) is 2.27. The molecule has 1 N–H and O–H groups in total. The third-order valence-electron chi connectivity index (χ3n) is 2.60. The van der Waals surface area contributed by atoms with E-state index in [1.165, 1.54) is 18.2 Å². The topological polar surface area (TPSA) is 63.2 Å². The third kappa shape index (κ3) is 4.84. The first kappa shape index (κ1) is 16.0. The third-order valence-corrected chi connectivity index (χ3v) is 4.18. The van der Waals surface area contributed by atoms with Gasteiger partial charge in [0, 0.05) is 18.4 Å². The fourth-order valence-corrected chi connectivity index (χ4v) is 2.81. The van der Waals surface area contributed by atoms with E-state index in [4.69, 9.17) is 11.6 Å². The molecule has 0 aromatic heterocycles. The maximum absolute atomic E-state index is 11.9. The highest BCUT2D eigenvalue weighted by molar-refractivity contribution is 7.90. The average molecular weight is 304 g/mol. The van der Waals surface area contributed by atoms with E-state index in [0.717, 1.165) is 12.7 Å². The van der Waals surface area contributed by atoms with E-state index < -0.39 is 9.84 Å². The molecule has 0 unspecified atom stereocenters. The summed E-state index contributed by atoms with van der Waals surface area (Å²) >= 11 is 5.82. The van der Waals surface area contributed by atoms with Crippen LogP contribution in [0.15, 0.2) is 23.1 Å². The molecule has 0 aliphatic rings. The smallest absolute Gasteiger partial charge is 0.251 e. The van der Waals surface area contributed by atoms with Gasteiger partial charge in [-0.3, -0.25) is 4.79 Å². The normalized spacial score (nSPS) is 11.6. The molecular formula is C13H18ClNO3S. The summed E-state index contributed by atoms with van der Waals surface area (Å²) < 4.78 is 23.0. The summed E-state index contributed by atoms with van der Waals surface area (Å²) in [6, 6.07) is 4.25. The van der Waals surface area contributed by atoms with Gasteiger partial charge >= 0.3 is 0 Å². The second kappa shape index (κ2) is 6.39. The summed E-state index contributed by atoms with van der Waals surface area (Å²) in [4.78, 5) is 11.8. The molecule has 1 aromatic rings. The molecule has 0 aliphatic heterocycles. The van der Waals surface area contributed by atoms with E-state index in [-0.39, 0.29) is 15.8 Å². The largest absolute Gasteiger partial charge is 0.352 e. The molecule has 0 heterocycles. The number of sulfone groups is 1. The second-order valence-corrected chi connectivity index (χ2v) is 7.25. The van der Waals surface area contributed by atoms with E-state index in [0.29, 0.717) is 18.0 Å². The van der Waals surface area contributed by atoms with Gasteiger partial charge in [-0.05, 0) is 30.5 Å². The lowest BCUT2D eigenvalue weighted by atomic mass is 10.1. The molecule has 0 saturated carbocycles. The molecule has 0 fully saturated rings. The van der Waals surface area contributed by atoms with Gasteiger partial charge in [0.05, 0.1) is 9.92 Å². The van der Waals surface area contributed by atoms with E-state index in [9.17, 15) is 13.2 Å². The van der Waals surface area contributed by atoms with Crippen molar-refractivity contribution in [2.24, 2.45) is 5.92 Å². The van der Waals surface area contributed by atoms with E-state index in [1.54, 1.807) is 0 Å². The first-order valence-electron chi connectivity index (χ1n) is 5.99. The van der Waals surface area contributed by atoms with Crippen molar-refractivity contribution in [1.82, 2.24) is 5.32 Å². The highest BCUT2D eigenvalue weighted by atomic mass is 35.5. The molecule has 6 heteroatoms. The van der Waals surface area contributed by atoms with Gasteiger partial charge in [-0.25, -0.2) is 8.42 Å². The first-order chi connectivity index (χ1) is 8.71. The first-order valence-corrected chi connectivity index (χ1v) is 8.26. The number of hydrogen-bond donors (Lipinski definition) is 1. The van der Waals surface area contributed by atoms with Gasteiger partial charge in [0.1, 0.15) is 0 Å². The number of carbonyl (C=O) groups is 1. The zero-order chi connectivity index (χ0) is 14.6. The van der Waals surface area contributed by atoms with Gasteiger partial charge in [0.2, 0.25) is 0 Å². The van der Waals surface area contributed by atoms with Crippen LogP contribution in [-0.4, -0.2) is 27.1 Å². The molecule has 0 saturated heterocycles. The summed E-state index contributed by atoms with van der Waals surface area (Å²) in [5.41, 5.74) is 0.300. The van der Waals surface area contributed by atoms with Crippen molar-refractivity contribution in [3.8, 4) is 0 Å². The lowest BCUT2D eigenvalue weighted by molar-refractivity contribution is 0.0952. The van der Waals surface area contributed by atoms with Crippen LogP contribution in [-0.2, 0) is 9.84 Å². The number of nitrogens with one attached hydrogen (secondary N) is 1. The molecule has 106 valence electrons. The van der Waals surface area contributed by atoms with E-state index >= 15 is 0 Å². The van der Waals surface area contributed by atoms with Crippen molar-refractivity contribution in [1.29, 1.82) is 0 Å². The van der Waals surface area contributed by atoms with Gasteiger partial charge in [0.15, 0.2) is 9.84 Å². The molecular weight excluding hydrogens is 286 g/mol. The van der Waals surface area contributed by atoms with Crippen LogP contribution >= 0.6 is 11.6 Å². The molecule has 1 aromatic carbocycles. The summed E-state index contributed by atoms with van der Waals surface area (Å²) in [6.45, 7) is 4.69. The molecule has 4 nitrogen and oxygen atoms in total. The SMILES string of the molecule is CC(C)CCNC(=O)c1ccc(Cl)c(S(C)(=O)=O)c1. The fourth-order valence-electron chi connectivity index (χ4n) is 1.51. The van der Waals surface area contributed by atoms with Crippen LogP contribution in [0.5, 0.6) is 0 Å². The Labute approximate surface area is 119 Å². The van der Waals surface area contributed by atoms with Crippen molar-refractivity contribution in [3.05, 3.63) is 28.8 Å². The molecule has 0 spiro atoms. The van der Waals surface area contributed by atoms with Crippen LogP contribution in [0.1, 0.15) is 30.6 Å². The summed E-state index contributed by atoms with van der Waals surface area (Å²) in [6.07, 6.45) is 1.94. The maximum Gasteiger partial charge on any atom is 0.251 e. The molecule has 1 amide bonds. The predicted molar refractivity (Wildman–Crippen MR) is 76.4 cm³/mol. The monoisotopic (exact) mass is 303 g/mol. The Morgan fingerprint density at radius 3 is 2.53 bits per heavy atom. The standard InChI is InChI=1S/C13H18ClNO3S/c1-9(2)6-7-15-13(16)10-4-5-11(14)12(8-10)19(3,17)18/h4-5,8-9H,6-7H2,1-3H3,(H,15,16). The highest BCUT2D eigenvalue weighted by Crippen LogP contribution is 2.22. The Bertz CT molecular complexity index is 567. The minimum atomic E-state index is -3.44. The minimum absolute atomic E-state index is 0.0225. The molecule has 0 bridgehead atoms. The number of benzene rings is 1. The van der Waals surface area contributed by atoms with Crippen LogP contribution in [0.2, 0.25) is 5.02 Å². The summed E-state index contributed by atoms with van der Waals surface area (Å²) in [7, 11) is -3.44. The molecule has 0 aliphatic carbocycles. The van der Waals surface area contributed by atoms with Crippen LogP contribution in [0.4, 0.5) is 0 Å². The summed E-state index contributed by atoms with van der Waals surface area (Å²) in [5, 5.41) is 2.88. The van der Waals surface area contributed by atoms with Crippen molar-refractivity contribution in [2.45, 2.75) is 25.2 Å². The van der Waals surface area contributed by atoms with Crippen molar-refractivity contribution in [2.75, 3.05) is 12.8 Å². The van der Waals surface area contributed by atoms with E-state index in [1.807, 2.05) is 0 Å². The minimum Gasteiger partial charge on any atom is -0.352 e. The zero-order valence-electron chi connectivity index (χ0n) is 11.2. The number of rotatable bonds is 5. The van der Waals surface area contributed by atoms with Crippen molar-refractivity contribution in [3.63, 3.8) is 0 Å². The number of amides is 1. The van der Waals surface area contributed by atoms with Crippen LogP contribution in [0, 0.1) is 5.92 Å². The zero-order valence-corrected chi connectivity index (χ0v) is 12.8. The van der Waals surface area contributed by atoms with Gasteiger partial charge < -0.3 is 5.32 Å². The maximum atomic E-state index is 11.9. The van der Waals surface area contributed by atoms with Gasteiger partial charge in [0.25, 0.3) is 5.91 Å². The lowest BCUT2D eigenvalue weighted by Gasteiger charge is -2.09.